The minimum absolute atomic E-state index is 0.0142. The maximum absolute atomic E-state index is 12.6. The molecule has 0 saturated heterocycles. The van der Waals surface area contributed by atoms with Crippen molar-refractivity contribution in [3.63, 3.8) is 0 Å². The second-order valence-corrected chi connectivity index (χ2v) is 7.08. The lowest BCUT2D eigenvalue weighted by molar-refractivity contribution is 0.0381. The molecule has 27 heavy (non-hydrogen) atoms. The number of carbonyl (C=O) groups is 2. The highest BCUT2D eigenvalue weighted by molar-refractivity contribution is 7.85. The van der Waals surface area contributed by atoms with Gasteiger partial charge in [-0.2, -0.15) is 8.42 Å². The van der Waals surface area contributed by atoms with Crippen LogP contribution in [0.5, 0.6) is 11.8 Å². The van der Waals surface area contributed by atoms with E-state index in [1.807, 2.05) is 0 Å². The van der Waals surface area contributed by atoms with Gasteiger partial charge in [-0.15, -0.1) is 4.73 Å². The van der Waals surface area contributed by atoms with Crippen molar-refractivity contribution in [2.45, 2.75) is 6.42 Å². The Hall–Kier alpha value is -2.92. The van der Waals surface area contributed by atoms with Gasteiger partial charge in [-0.25, -0.2) is 4.79 Å². The third-order valence-corrected chi connectivity index (χ3v) is 4.44. The molecule has 9 nitrogen and oxygen atoms in total. The zero-order chi connectivity index (χ0) is 20.2. The number of rotatable bonds is 8. The van der Waals surface area contributed by atoms with Crippen molar-refractivity contribution in [2.24, 2.45) is 5.92 Å². The summed E-state index contributed by atoms with van der Waals surface area (Å²) in [5.41, 5.74) is -0.0174. The number of Topliss-reactive ketones (excluding diaryl/α,β-unsaturated/α-hetero) is 1. The van der Waals surface area contributed by atoms with Gasteiger partial charge in [0.25, 0.3) is 10.1 Å². The van der Waals surface area contributed by atoms with E-state index < -0.39 is 52.0 Å². The van der Waals surface area contributed by atoms with E-state index in [4.69, 9.17) is 9.39 Å². The molecule has 0 spiro atoms. The van der Waals surface area contributed by atoms with Crippen molar-refractivity contribution in [2.75, 3.05) is 12.4 Å². The number of benzene rings is 1. The van der Waals surface area contributed by atoms with Crippen LogP contribution >= 0.6 is 0 Å². The number of nitrogens with zero attached hydrogens (tertiary/aromatic N) is 1. The Bertz CT molecular complexity index is 916. The summed E-state index contributed by atoms with van der Waals surface area (Å²) >= 11 is 0. The van der Waals surface area contributed by atoms with Gasteiger partial charge in [0.2, 0.25) is 11.8 Å². The summed E-state index contributed by atoms with van der Waals surface area (Å²) in [5.74, 6) is -4.85. The quantitative estimate of drug-likeness (QED) is 0.442. The second-order valence-electron chi connectivity index (χ2n) is 5.59. The van der Waals surface area contributed by atoms with Crippen molar-refractivity contribution in [1.82, 2.24) is 4.73 Å². The van der Waals surface area contributed by atoms with E-state index in [1.54, 1.807) is 0 Å². The molecule has 146 valence electrons. The van der Waals surface area contributed by atoms with Crippen molar-refractivity contribution in [1.29, 1.82) is 0 Å². The number of alkyl halides is 1. The maximum atomic E-state index is 12.6. The number of carbonyl (C=O) groups excluding carboxylic acids is 2. The van der Waals surface area contributed by atoms with E-state index in [2.05, 4.69) is 0 Å². The summed E-state index contributed by atoms with van der Waals surface area (Å²) < 4.78 is 43.9. The summed E-state index contributed by atoms with van der Waals surface area (Å²) in [4.78, 5) is 29.1. The van der Waals surface area contributed by atoms with Gasteiger partial charge in [-0.05, 0) is 18.6 Å². The molecule has 1 atom stereocenters. The summed E-state index contributed by atoms with van der Waals surface area (Å²) in [6.07, 6.45) is -0.380. The first-order valence-corrected chi connectivity index (χ1v) is 9.21. The molecule has 0 aliphatic rings. The Labute approximate surface area is 153 Å². The number of halogens is 1. The molecule has 2 rings (SSSR count). The Balaban J connectivity index is 2.15. The lowest BCUT2D eigenvalue weighted by atomic mass is 9.96. The minimum atomic E-state index is -4.47. The summed E-state index contributed by atoms with van der Waals surface area (Å²) in [6.45, 7) is -0.944. The Morgan fingerprint density at radius 3 is 2.04 bits per heavy atom. The number of aromatic hydroxyl groups is 2. The molecule has 0 amide bonds. The van der Waals surface area contributed by atoms with Gasteiger partial charge in [0.15, 0.2) is 5.78 Å². The maximum Gasteiger partial charge on any atom is 0.363 e. The Kier molecular flexibility index (Phi) is 6.18. The average molecular weight is 401 g/mol. The molecule has 0 radical (unpaired) electrons. The van der Waals surface area contributed by atoms with Crippen LogP contribution in [0, 0.1) is 5.92 Å². The van der Waals surface area contributed by atoms with Gasteiger partial charge < -0.3 is 15.1 Å². The van der Waals surface area contributed by atoms with Crippen LogP contribution in [0.2, 0.25) is 0 Å². The van der Waals surface area contributed by atoms with Crippen molar-refractivity contribution < 1.29 is 42.0 Å². The average Bonchev–Trinajstić information content (AvgIpc) is 2.91. The lowest BCUT2D eigenvalue weighted by Crippen LogP contribution is -2.24. The minimum Gasteiger partial charge on any atom is -0.492 e. The topological polar surface area (TPSA) is 143 Å². The summed E-state index contributed by atoms with van der Waals surface area (Å²) in [6, 6.07) is 7.03. The van der Waals surface area contributed by atoms with Gasteiger partial charge in [0.05, 0.1) is 18.0 Å². The van der Waals surface area contributed by atoms with Crippen LogP contribution in [-0.4, -0.2) is 52.1 Å². The number of ketones is 1. The van der Waals surface area contributed by atoms with Crippen molar-refractivity contribution in [3.05, 3.63) is 47.5 Å². The number of aromatic nitrogens is 1. The van der Waals surface area contributed by atoms with Gasteiger partial charge in [-0.1, -0.05) is 12.1 Å². The monoisotopic (exact) mass is 401 g/mol. The van der Waals surface area contributed by atoms with Crippen LogP contribution in [0.3, 0.4) is 0 Å². The predicted molar refractivity (Wildman–Crippen MR) is 89.9 cm³/mol. The molecule has 0 aliphatic heterocycles. The van der Waals surface area contributed by atoms with Crippen LogP contribution in [0.25, 0.3) is 0 Å². The van der Waals surface area contributed by atoms with Gasteiger partial charge in [-0.3, -0.25) is 13.7 Å². The van der Waals surface area contributed by atoms with E-state index in [9.17, 15) is 32.6 Å². The molecule has 11 heteroatoms. The molecule has 0 aliphatic carbocycles. The molecular weight excluding hydrogens is 385 g/mol. The first-order chi connectivity index (χ1) is 12.6. The largest absolute Gasteiger partial charge is 0.492 e. The fourth-order valence-corrected chi connectivity index (χ4v) is 3.14. The van der Waals surface area contributed by atoms with Crippen LogP contribution in [0.15, 0.2) is 36.4 Å². The van der Waals surface area contributed by atoms with Crippen molar-refractivity contribution in [3.8, 4) is 11.8 Å². The molecule has 1 heterocycles. The first kappa shape index (κ1) is 20.4. The second kappa shape index (κ2) is 8.18. The molecule has 0 fully saturated rings. The molecule has 1 unspecified atom stereocenters. The molecule has 0 bridgehead atoms. The van der Waals surface area contributed by atoms with Crippen LogP contribution in [0.1, 0.15) is 27.1 Å². The molecular formula is C16H16FNO8S. The zero-order valence-corrected chi connectivity index (χ0v) is 14.6. The Morgan fingerprint density at radius 2 is 1.56 bits per heavy atom. The predicted octanol–water partition coefficient (Wildman–Crippen LogP) is 1.21. The fraction of sp³-hybridized carbons (Fsp3) is 0.250. The SMILES string of the molecule is O=C(On1c(O)ccc1O)c1ccc(C(=O)C(CCF)CS(=O)(=O)O)cc1. The molecule has 1 aromatic heterocycles. The summed E-state index contributed by atoms with van der Waals surface area (Å²) in [5, 5.41) is 18.9. The molecule has 1 aromatic carbocycles. The molecule has 3 N–H and O–H groups in total. The zero-order valence-electron chi connectivity index (χ0n) is 13.8. The summed E-state index contributed by atoms with van der Waals surface area (Å²) in [7, 11) is -4.47. The smallest absolute Gasteiger partial charge is 0.363 e. The third-order valence-electron chi connectivity index (χ3n) is 3.62. The van der Waals surface area contributed by atoms with Gasteiger partial charge >= 0.3 is 5.97 Å². The third kappa shape index (κ3) is 5.28. The molecule has 0 saturated carbocycles. The number of hydrogen-bond donors (Lipinski definition) is 3. The fourth-order valence-electron chi connectivity index (χ4n) is 2.31. The van der Waals surface area contributed by atoms with Crippen LogP contribution in [-0.2, 0) is 10.1 Å². The van der Waals surface area contributed by atoms with E-state index in [0.717, 1.165) is 12.1 Å². The van der Waals surface area contributed by atoms with E-state index in [1.165, 1.54) is 24.3 Å². The van der Waals surface area contributed by atoms with Crippen LogP contribution < -0.4 is 4.84 Å². The first-order valence-electron chi connectivity index (χ1n) is 7.60. The lowest BCUT2D eigenvalue weighted by Gasteiger charge is -2.13. The van der Waals surface area contributed by atoms with Gasteiger partial charge in [0, 0.05) is 23.6 Å². The van der Waals surface area contributed by atoms with E-state index in [-0.39, 0.29) is 17.5 Å². The Morgan fingerprint density at radius 1 is 1.04 bits per heavy atom. The highest BCUT2D eigenvalue weighted by Crippen LogP contribution is 2.20. The van der Waals surface area contributed by atoms with Gasteiger partial charge in [0.1, 0.15) is 0 Å². The highest BCUT2D eigenvalue weighted by Gasteiger charge is 2.25. The number of hydrogen-bond acceptors (Lipinski definition) is 7. The molecule has 2 aromatic rings. The van der Waals surface area contributed by atoms with Crippen molar-refractivity contribution >= 4 is 21.9 Å². The van der Waals surface area contributed by atoms with Crippen LogP contribution in [0.4, 0.5) is 4.39 Å². The van der Waals surface area contributed by atoms with E-state index in [0.29, 0.717) is 4.73 Å². The highest BCUT2D eigenvalue weighted by atomic mass is 32.2. The standard InChI is InChI=1S/C16H16FNO8S/c17-8-7-12(9-27(23,24)25)15(21)10-1-3-11(4-2-10)16(22)26-18-13(19)5-6-14(18)20/h1-6,12,19-20H,7-9H2,(H,23,24,25). The normalized spacial score (nSPS) is 12.5. The van der Waals surface area contributed by atoms with E-state index >= 15 is 0 Å².